The molecule has 0 saturated carbocycles. The molecule has 0 saturated heterocycles. The second kappa shape index (κ2) is 5.88. The van der Waals surface area contributed by atoms with Crippen LogP contribution in [0.4, 0.5) is 0 Å². The molecule has 0 amide bonds. The number of ketones is 1. The number of rotatable bonds is 1. The van der Waals surface area contributed by atoms with E-state index in [2.05, 4.69) is 0 Å². The van der Waals surface area contributed by atoms with Gasteiger partial charge >= 0.3 is 0 Å². The Morgan fingerprint density at radius 1 is 1.23 bits per heavy atom. The first kappa shape index (κ1) is 16.2. The lowest BCUT2D eigenvalue weighted by molar-refractivity contribution is -0.117. The van der Waals surface area contributed by atoms with Gasteiger partial charge in [-0.05, 0) is 18.1 Å². The molecule has 2 atom stereocenters. The van der Waals surface area contributed by atoms with Crippen molar-refractivity contribution in [3.8, 4) is 6.07 Å². The van der Waals surface area contributed by atoms with Crippen LogP contribution in [0.15, 0.2) is 62.5 Å². The summed E-state index contributed by atoms with van der Waals surface area (Å²) in [5.41, 5.74) is 6.73. The van der Waals surface area contributed by atoms with Gasteiger partial charge < -0.3 is 14.9 Å². The van der Waals surface area contributed by atoms with Crippen LogP contribution in [-0.2, 0) is 9.53 Å². The largest absolute Gasteiger partial charge is 0.464 e. The maximum absolute atomic E-state index is 13.0. The summed E-state index contributed by atoms with van der Waals surface area (Å²) in [6.07, 6.45) is 2.20. The summed E-state index contributed by atoms with van der Waals surface area (Å²) in [7, 11) is 0. The zero-order valence-corrected chi connectivity index (χ0v) is 14.1. The third-order valence-corrected chi connectivity index (χ3v) is 4.88. The molecule has 0 bridgehead atoms. The van der Waals surface area contributed by atoms with Crippen LogP contribution in [0.25, 0.3) is 11.0 Å². The van der Waals surface area contributed by atoms with Gasteiger partial charge in [-0.3, -0.25) is 9.59 Å². The Morgan fingerprint density at radius 3 is 2.77 bits per heavy atom. The van der Waals surface area contributed by atoms with E-state index in [9.17, 15) is 14.9 Å². The van der Waals surface area contributed by atoms with Gasteiger partial charge in [-0.1, -0.05) is 19.1 Å². The van der Waals surface area contributed by atoms with Crippen molar-refractivity contribution in [1.29, 1.82) is 5.26 Å². The van der Waals surface area contributed by atoms with E-state index in [1.165, 1.54) is 6.26 Å². The fourth-order valence-corrected chi connectivity index (χ4v) is 3.70. The molecule has 0 spiro atoms. The van der Waals surface area contributed by atoms with E-state index in [1.54, 1.807) is 24.3 Å². The maximum Gasteiger partial charge on any atom is 0.205 e. The zero-order valence-electron chi connectivity index (χ0n) is 14.1. The van der Waals surface area contributed by atoms with E-state index in [0.717, 1.165) is 0 Å². The van der Waals surface area contributed by atoms with Gasteiger partial charge in [0.25, 0.3) is 0 Å². The van der Waals surface area contributed by atoms with E-state index in [0.29, 0.717) is 35.1 Å². The average Bonchev–Trinajstić information content (AvgIpc) is 2.61. The summed E-state index contributed by atoms with van der Waals surface area (Å²) in [4.78, 5) is 25.8. The molecule has 1 aromatic heterocycles. The smallest absolute Gasteiger partial charge is 0.205 e. The van der Waals surface area contributed by atoms with Crippen LogP contribution in [0.2, 0.25) is 0 Å². The summed E-state index contributed by atoms with van der Waals surface area (Å²) >= 11 is 0. The number of nitriles is 1. The quantitative estimate of drug-likeness (QED) is 0.849. The number of allylic oxidation sites excluding steroid dienone is 3. The normalized spacial score (nSPS) is 22.8. The van der Waals surface area contributed by atoms with Gasteiger partial charge in [0, 0.05) is 24.0 Å². The minimum atomic E-state index is -0.857. The van der Waals surface area contributed by atoms with Crippen LogP contribution in [0.5, 0.6) is 0 Å². The highest BCUT2D eigenvalue weighted by molar-refractivity contribution is 5.99. The number of ether oxygens (including phenoxy) is 1. The van der Waals surface area contributed by atoms with Gasteiger partial charge in [0.2, 0.25) is 5.88 Å². The Kier molecular flexibility index (Phi) is 3.66. The van der Waals surface area contributed by atoms with Crippen LogP contribution in [0.3, 0.4) is 0 Å². The number of hydrogen-bond acceptors (Lipinski definition) is 6. The molecular weight excluding hydrogens is 332 g/mol. The monoisotopic (exact) mass is 348 g/mol. The zero-order chi connectivity index (χ0) is 18.4. The highest BCUT2D eigenvalue weighted by Crippen LogP contribution is 2.43. The van der Waals surface area contributed by atoms with Crippen molar-refractivity contribution in [3.63, 3.8) is 0 Å². The molecule has 1 aromatic carbocycles. The molecule has 130 valence electrons. The molecule has 6 heteroatoms. The van der Waals surface area contributed by atoms with Crippen LogP contribution in [-0.4, -0.2) is 5.78 Å². The van der Waals surface area contributed by atoms with Gasteiger partial charge in [-0.15, -0.1) is 0 Å². The van der Waals surface area contributed by atoms with Gasteiger partial charge in [0.05, 0.1) is 17.6 Å². The van der Waals surface area contributed by atoms with Gasteiger partial charge in [0.15, 0.2) is 11.2 Å². The van der Waals surface area contributed by atoms with Gasteiger partial charge in [0.1, 0.15) is 23.0 Å². The molecule has 26 heavy (non-hydrogen) atoms. The first-order valence-corrected chi connectivity index (χ1v) is 8.35. The first-order chi connectivity index (χ1) is 12.5. The van der Waals surface area contributed by atoms with E-state index < -0.39 is 5.92 Å². The lowest BCUT2D eigenvalue weighted by Crippen LogP contribution is -2.31. The number of carbonyl (C=O) groups excluding carboxylic acids is 1. The Labute approximate surface area is 149 Å². The van der Waals surface area contributed by atoms with Crippen molar-refractivity contribution in [2.75, 3.05) is 0 Å². The topological polar surface area (TPSA) is 106 Å². The third kappa shape index (κ3) is 2.32. The Bertz CT molecular complexity index is 1100. The molecule has 4 rings (SSSR count). The highest BCUT2D eigenvalue weighted by Gasteiger charge is 2.41. The van der Waals surface area contributed by atoms with Crippen molar-refractivity contribution < 1.29 is 13.9 Å². The van der Waals surface area contributed by atoms with E-state index in [-0.39, 0.29) is 34.1 Å². The number of fused-ring (bicyclic) bond motifs is 1. The Hall–Kier alpha value is -3.33. The van der Waals surface area contributed by atoms with E-state index >= 15 is 0 Å². The Balaban J connectivity index is 1.99. The number of nitrogens with zero attached hydrogens (tertiary/aromatic N) is 1. The van der Waals surface area contributed by atoms with E-state index in [1.807, 2.05) is 13.0 Å². The minimum Gasteiger partial charge on any atom is -0.464 e. The molecule has 1 aliphatic heterocycles. The van der Waals surface area contributed by atoms with Crippen molar-refractivity contribution in [2.24, 2.45) is 11.7 Å². The van der Waals surface area contributed by atoms with Crippen LogP contribution < -0.4 is 11.2 Å². The standard InChI is InChI=1S/C20H16N2O4/c1-10-6-14(23)18-16(7-10)26-20(22)12(8-21)17(18)13-9-25-15-5-3-2-4-11(15)19(13)24/h2-5,9-10,17H,6-7,22H2,1H3/t10-,17+/m1/s1. The molecule has 2 aromatic rings. The van der Waals surface area contributed by atoms with Gasteiger partial charge in [-0.2, -0.15) is 5.26 Å². The predicted molar refractivity (Wildman–Crippen MR) is 93.6 cm³/mol. The summed E-state index contributed by atoms with van der Waals surface area (Å²) in [5, 5.41) is 9.99. The number of Topliss-reactive ketones (excluding diaryl/α,β-unsaturated/α-hetero) is 1. The highest BCUT2D eigenvalue weighted by atomic mass is 16.5. The molecule has 0 unspecified atom stereocenters. The molecule has 0 fully saturated rings. The second-order valence-corrected chi connectivity index (χ2v) is 6.71. The van der Waals surface area contributed by atoms with Crippen molar-refractivity contribution >= 4 is 16.8 Å². The SMILES string of the molecule is C[C@@H]1CC(=O)C2=C(C1)OC(N)=C(C#N)[C@H]2c1coc2ccccc2c1=O. The number of benzene rings is 1. The molecular formula is C20H16N2O4. The van der Waals surface area contributed by atoms with Crippen molar-refractivity contribution in [3.05, 3.63) is 69.1 Å². The average molecular weight is 348 g/mol. The van der Waals surface area contributed by atoms with E-state index in [4.69, 9.17) is 14.9 Å². The first-order valence-electron chi connectivity index (χ1n) is 8.35. The lowest BCUT2D eigenvalue weighted by atomic mass is 9.75. The number of nitrogens with two attached hydrogens (primary N) is 1. The predicted octanol–water partition coefficient (Wildman–Crippen LogP) is 2.85. The number of para-hydroxylation sites is 1. The molecule has 2 N–H and O–H groups in total. The minimum absolute atomic E-state index is 0.0641. The molecule has 2 heterocycles. The van der Waals surface area contributed by atoms with Crippen LogP contribution in [0, 0.1) is 17.2 Å². The summed E-state index contributed by atoms with van der Waals surface area (Å²) < 4.78 is 11.2. The van der Waals surface area contributed by atoms with Gasteiger partial charge in [-0.25, -0.2) is 0 Å². The van der Waals surface area contributed by atoms with Crippen molar-refractivity contribution in [2.45, 2.75) is 25.7 Å². The third-order valence-electron chi connectivity index (χ3n) is 4.88. The molecule has 0 radical (unpaired) electrons. The molecule has 2 aliphatic rings. The van der Waals surface area contributed by atoms with Crippen LogP contribution >= 0.6 is 0 Å². The number of carbonyl (C=O) groups is 1. The fourth-order valence-electron chi connectivity index (χ4n) is 3.70. The summed E-state index contributed by atoms with van der Waals surface area (Å²) in [6, 6.07) is 8.86. The maximum atomic E-state index is 13.0. The molecule has 1 aliphatic carbocycles. The van der Waals surface area contributed by atoms with Crippen molar-refractivity contribution in [1.82, 2.24) is 0 Å². The van der Waals surface area contributed by atoms with Crippen LogP contribution in [0.1, 0.15) is 31.2 Å². The molecule has 6 nitrogen and oxygen atoms in total. The number of hydrogen-bond donors (Lipinski definition) is 1. The summed E-state index contributed by atoms with van der Waals surface area (Å²) in [5.74, 6) is -0.485. The second-order valence-electron chi connectivity index (χ2n) is 6.71. The Morgan fingerprint density at radius 2 is 2.00 bits per heavy atom. The summed E-state index contributed by atoms with van der Waals surface area (Å²) in [6.45, 7) is 1.95. The lowest BCUT2D eigenvalue weighted by Gasteiger charge is -2.32. The fraction of sp³-hybridized carbons (Fsp3) is 0.250.